The Balaban J connectivity index is 1.47. The molecule has 2 aromatic carbocycles. The van der Waals surface area contributed by atoms with Gasteiger partial charge in [-0.15, -0.1) is 0 Å². The zero-order valence-corrected chi connectivity index (χ0v) is 29.3. The van der Waals surface area contributed by atoms with Crippen LogP contribution >= 0.6 is 21.6 Å². The summed E-state index contributed by atoms with van der Waals surface area (Å²) in [5.74, 6) is 0.936. The first-order valence-corrected chi connectivity index (χ1v) is 19.4. The van der Waals surface area contributed by atoms with Crippen LogP contribution in [-0.2, 0) is 22.3 Å². The van der Waals surface area contributed by atoms with Crippen molar-refractivity contribution in [3.63, 3.8) is 0 Å². The van der Waals surface area contributed by atoms with Crippen LogP contribution in [0.2, 0.25) is 0 Å². The van der Waals surface area contributed by atoms with Crippen molar-refractivity contribution in [1.29, 1.82) is 0 Å². The number of aliphatic hydroxyl groups is 3. The van der Waals surface area contributed by atoms with E-state index in [-0.39, 0.29) is 40.3 Å². The highest BCUT2D eigenvalue weighted by Gasteiger charge is 2.39. The van der Waals surface area contributed by atoms with Crippen molar-refractivity contribution in [3.8, 4) is 28.7 Å². The second kappa shape index (κ2) is 17.1. The summed E-state index contributed by atoms with van der Waals surface area (Å²) < 4.78 is 22.7. The fraction of sp³-hybridized carbons (Fsp3) is 0.667. The molecular weight excluding hydrogens is 641 g/mol. The van der Waals surface area contributed by atoms with E-state index in [2.05, 4.69) is 0 Å². The first kappa shape index (κ1) is 36.3. The van der Waals surface area contributed by atoms with Crippen molar-refractivity contribution in [2.45, 2.75) is 119 Å². The molecule has 1 spiro atoms. The summed E-state index contributed by atoms with van der Waals surface area (Å²) in [6, 6.07) is 7.36. The predicted octanol–water partition coefficient (Wildman–Crippen LogP) is 6.62. The second-order valence-electron chi connectivity index (χ2n) is 13.3. The molecule has 47 heavy (non-hydrogen) atoms. The van der Waals surface area contributed by atoms with Gasteiger partial charge in [0, 0.05) is 11.7 Å². The minimum absolute atomic E-state index is 0.101. The average Bonchev–Trinajstić information content (AvgIpc) is 3.08. The predicted molar refractivity (Wildman–Crippen MR) is 186 cm³/mol. The lowest BCUT2D eigenvalue weighted by atomic mass is 9.79. The molecule has 262 valence electrons. The van der Waals surface area contributed by atoms with Crippen molar-refractivity contribution in [2.75, 3.05) is 26.8 Å². The van der Waals surface area contributed by atoms with Crippen LogP contribution in [0.3, 0.4) is 0 Å². The number of aryl methyl sites for hydroxylation is 1. The lowest BCUT2D eigenvalue weighted by Crippen LogP contribution is -2.38. The van der Waals surface area contributed by atoms with Crippen LogP contribution in [0.15, 0.2) is 24.3 Å². The summed E-state index contributed by atoms with van der Waals surface area (Å²) in [6.07, 6.45) is 10.3. The number of hydrogen-bond acceptors (Lipinski definition) is 11. The number of aliphatic hydroxyl groups excluding tert-OH is 3. The Kier molecular flexibility index (Phi) is 13.2. The maximum atomic E-state index is 11.7. The van der Waals surface area contributed by atoms with Gasteiger partial charge in [0.25, 0.3) is 0 Å². The summed E-state index contributed by atoms with van der Waals surface area (Å²) in [4.78, 5) is 0. The summed E-state index contributed by atoms with van der Waals surface area (Å²) in [7, 11) is 6.33. The van der Waals surface area contributed by atoms with Crippen LogP contribution in [0.1, 0.15) is 93.7 Å². The Hall–Kier alpha value is -2.02. The Labute approximate surface area is 286 Å². The fourth-order valence-electron chi connectivity index (χ4n) is 7.56. The number of aromatic hydroxyl groups is 2. The molecule has 2 aliphatic carbocycles. The van der Waals surface area contributed by atoms with E-state index < -0.39 is 31.0 Å². The molecular formula is C36H52O9S2. The zero-order chi connectivity index (χ0) is 33.4. The van der Waals surface area contributed by atoms with Gasteiger partial charge in [-0.05, 0) is 105 Å². The molecule has 4 atom stereocenters. The number of hydrogen-bond donors (Lipinski definition) is 5. The molecule has 0 saturated heterocycles. The Morgan fingerprint density at radius 1 is 0.809 bits per heavy atom. The average molecular weight is 693 g/mol. The van der Waals surface area contributed by atoms with Crippen LogP contribution in [0.5, 0.6) is 28.7 Å². The molecule has 9 nitrogen and oxygen atoms in total. The quantitative estimate of drug-likeness (QED) is 0.151. The van der Waals surface area contributed by atoms with Gasteiger partial charge >= 0.3 is 0 Å². The highest BCUT2D eigenvalue weighted by atomic mass is 33.1. The molecule has 2 saturated carbocycles. The van der Waals surface area contributed by atoms with Crippen molar-refractivity contribution in [3.05, 3.63) is 41.0 Å². The molecule has 2 fully saturated rings. The topological polar surface area (TPSA) is 138 Å². The van der Waals surface area contributed by atoms with Gasteiger partial charge in [0.1, 0.15) is 6.79 Å². The monoisotopic (exact) mass is 692 g/mol. The minimum atomic E-state index is -0.938. The van der Waals surface area contributed by atoms with Crippen molar-refractivity contribution < 1.29 is 44.5 Å². The van der Waals surface area contributed by atoms with E-state index in [9.17, 15) is 25.5 Å². The van der Waals surface area contributed by atoms with Gasteiger partial charge in [-0.25, -0.2) is 0 Å². The molecule has 5 N–H and O–H groups in total. The lowest BCUT2D eigenvalue weighted by Gasteiger charge is -2.39. The first-order chi connectivity index (χ1) is 22.8. The van der Waals surface area contributed by atoms with E-state index in [1.807, 2.05) is 12.1 Å². The minimum Gasteiger partial charge on any atom is -0.504 e. The second-order valence-corrected chi connectivity index (χ2v) is 16.0. The molecule has 0 unspecified atom stereocenters. The van der Waals surface area contributed by atoms with Gasteiger partial charge in [-0.1, -0.05) is 47.3 Å². The maximum absolute atomic E-state index is 11.7. The number of methoxy groups -OCH3 is 2. The molecule has 0 radical (unpaired) electrons. The number of rotatable bonds is 8. The van der Waals surface area contributed by atoms with E-state index >= 15 is 0 Å². The normalized spacial score (nSPS) is 26.0. The summed E-state index contributed by atoms with van der Waals surface area (Å²) in [5, 5.41) is 54.9. The molecule has 3 aliphatic rings. The van der Waals surface area contributed by atoms with Crippen molar-refractivity contribution >= 4 is 21.6 Å². The molecule has 11 heteroatoms. The summed E-state index contributed by atoms with van der Waals surface area (Å²) in [5.41, 5.74) is 2.96. The van der Waals surface area contributed by atoms with E-state index in [1.54, 1.807) is 33.7 Å². The van der Waals surface area contributed by atoms with E-state index in [0.717, 1.165) is 68.1 Å². The number of ether oxygens (including phenoxy) is 4. The number of phenols is 2. The third-order valence-electron chi connectivity index (χ3n) is 10.2. The maximum Gasteiger partial charge on any atom is 0.200 e. The number of fused-ring (bicyclic) bond motifs is 2. The highest BCUT2D eigenvalue weighted by Crippen LogP contribution is 2.56. The summed E-state index contributed by atoms with van der Waals surface area (Å²) in [6.45, 7) is -0.481. The van der Waals surface area contributed by atoms with E-state index in [1.165, 1.54) is 27.1 Å². The van der Waals surface area contributed by atoms with Crippen LogP contribution < -0.4 is 14.2 Å². The van der Waals surface area contributed by atoms with Crippen LogP contribution in [-0.4, -0.2) is 76.7 Å². The van der Waals surface area contributed by atoms with Crippen molar-refractivity contribution in [1.82, 2.24) is 0 Å². The van der Waals surface area contributed by atoms with E-state index in [4.69, 9.17) is 18.9 Å². The van der Waals surface area contributed by atoms with Gasteiger partial charge in [-0.3, -0.25) is 0 Å². The largest absolute Gasteiger partial charge is 0.504 e. The Bertz CT molecular complexity index is 1270. The molecule has 0 amide bonds. The number of benzene rings is 2. The number of phenolic OH excluding ortho intramolecular Hbond substituents is 2. The van der Waals surface area contributed by atoms with Gasteiger partial charge in [0.2, 0.25) is 5.75 Å². The van der Waals surface area contributed by atoms with Crippen LogP contribution in [0, 0.1) is 5.92 Å². The molecule has 2 aromatic rings. The van der Waals surface area contributed by atoms with Crippen LogP contribution in [0.4, 0.5) is 0 Å². The smallest absolute Gasteiger partial charge is 0.200 e. The molecule has 1 heterocycles. The van der Waals surface area contributed by atoms with E-state index in [0.29, 0.717) is 30.8 Å². The van der Waals surface area contributed by atoms with Gasteiger partial charge in [0.15, 0.2) is 23.0 Å². The summed E-state index contributed by atoms with van der Waals surface area (Å²) >= 11 is 0. The lowest BCUT2D eigenvalue weighted by molar-refractivity contribution is -0.0808. The molecule has 5 rings (SSSR count). The van der Waals surface area contributed by atoms with Gasteiger partial charge in [-0.2, -0.15) is 0 Å². The van der Waals surface area contributed by atoms with Gasteiger partial charge < -0.3 is 44.5 Å². The Morgan fingerprint density at radius 3 is 2.15 bits per heavy atom. The van der Waals surface area contributed by atoms with Gasteiger partial charge in [0.05, 0.1) is 43.4 Å². The Morgan fingerprint density at radius 2 is 1.49 bits per heavy atom. The molecule has 1 aliphatic heterocycles. The van der Waals surface area contributed by atoms with Crippen molar-refractivity contribution in [2.24, 2.45) is 5.92 Å². The fourth-order valence-corrected chi connectivity index (χ4v) is 11.0. The SMILES string of the molecule is COc1cc(C[C@H]2[C@H](O)C[C@@H](OCO)CCc3cc(OC4CCCCC4)c(O)cc3C3(CCCCC3)SSC[C@@H]2O)cc(OC)c1O. The van der Waals surface area contributed by atoms with Crippen LogP contribution in [0.25, 0.3) is 0 Å². The highest BCUT2D eigenvalue weighted by molar-refractivity contribution is 8.77. The third kappa shape index (κ3) is 8.97. The standard InChI is InChI=1S/C36H52O9S2/c1-42-33-16-23(17-34(43-2)35(33)41)15-27-29(38)19-26(44-22-37)12-11-24-18-32(45-25-9-5-3-6-10-25)30(39)20-28(24)36(13-7-4-8-14-36)47-46-21-31(27)40/h16-18,20,25-27,29,31,37-41H,3-15,19,21-22H2,1-2H3/t26-,27-,29+,31-/m0/s1. The third-order valence-corrected chi connectivity index (χ3v) is 13.5. The zero-order valence-electron chi connectivity index (χ0n) is 27.7. The first-order valence-electron chi connectivity index (χ1n) is 17.1. The molecule has 0 bridgehead atoms. The molecule has 0 aromatic heterocycles.